The van der Waals surface area contributed by atoms with Gasteiger partial charge in [0.2, 0.25) is 15.9 Å². The van der Waals surface area contributed by atoms with Crippen LogP contribution in [0.3, 0.4) is 0 Å². The number of hydrogen-bond donors (Lipinski definition) is 3. The monoisotopic (exact) mass is 638 g/mol. The number of halogens is 1. The van der Waals surface area contributed by atoms with Crippen LogP contribution in [0.25, 0.3) is 0 Å². The van der Waals surface area contributed by atoms with Crippen molar-refractivity contribution in [2.75, 3.05) is 39.2 Å². The molecule has 43 heavy (non-hydrogen) atoms. The molecular formula is C31H47ClN4O6S. The van der Waals surface area contributed by atoms with Gasteiger partial charge in [0, 0.05) is 55.4 Å². The highest BCUT2D eigenvalue weighted by Gasteiger charge is 2.41. The van der Waals surface area contributed by atoms with Gasteiger partial charge >= 0.3 is 6.09 Å². The number of rotatable bonds is 9. The summed E-state index contributed by atoms with van der Waals surface area (Å²) in [6, 6.07) is 6.80. The molecule has 1 saturated carbocycles. The minimum atomic E-state index is -3.25. The summed E-state index contributed by atoms with van der Waals surface area (Å²) in [5.74, 6) is 0.0900. The second-order valence-corrected chi connectivity index (χ2v) is 15.1. The lowest BCUT2D eigenvalue weighted by Gasteiger charge is -2.40. The number of piperazine rings is 1. The highest BCUT2D eigenvalue weighted by molar-refractivity contribution is 7.89. The molecule has 240 valence electrons. The Morgan fingerprint density at radius 1 is 1.07 bits per heavy atom. The Morgan fingerprint density at radius 3 is 2.56 bits per heavy atom. The maximum Gasteiger partial charge on any atom is 0.407 e. The van der Waals surface area contributed by atoms with E-state index in [0.717, 1.165) is 63.4 Å². The van der Waals surface area contributed by atoms with E-state index in [1.165, 1.54) is 7.11 Å². The van der Waals surface area contributed by atoms with Crippen LogP contribution in [0.15, 0.2) is 24.3 Å². The molecule has 10 nitrogen and oxygen atoms in total. The molecular weight excluding hydrogens is 592 g/mol. The number of ether oxygens (including phenoxy) is 2. The summed E-state index contributed by atoms with van der Waals surface area (Å²) in [6.45, 7) is 2.44. The first-order valence-electron chi connectivity index (χ1n) is 16.0. The van der Waals surface area contributed by atoms with Crippen LogP contribution in [0.1, 0.15) is 75.7 Å². The zero-order valence-corrected chi connectivity index (χ0v) is 26.7. The molecule has 3 aliphatic heterocycles. The van der Waals surface area contributed by atoms with Crippen molar-refractivity contribution in [2.45, 2.75) is 94.3 Å². The summed E-state index contributed by atoms with van der Waals surface area (Å²) in [7, 11) is -1.94. The fourth-order valence-electron chi connectivity index (χ4n) is 7.67. The first-order chi connectivity index (χ1) is 20.7. The lowest BCUT2D eigenvalue weighted by molar-refractivity contribution is -0.125. The van der Waals surface area contributed by atoms with Crippen LogP contribution >= 0.6 is 11.6 Å². The molecule has 1 aliphatic carbocycles. The molecule has 1 aromatic carbocycles. The normalized spacial score (nSPS) is 30.8. The van der Waals surface area contributed by atoms with Crippen molar-refractivity contribution in [3.8, 4) is 0 Å². The molecule has 0 radical (unpaired) electrons. The van der Waals surface area contributed by atoms with Gasteiger partial charge in [-0.25, -0.2) is 13.2 Å². The number of nitrogens with one attached hydrogen (secondary N) is 3. The van der Waals surface area contributed by atoms with Gasteiger partial charge in [0.1, 0.15) is 6.04 Å². The summed E-state index contributed by atoms with van der Waals surface area (Å²) < 4.78 is 38.3. The number of fused-ring (bicyclic) bond motifs is 2. The number of nitrogens with zero attached hydrogens (tertiary/aromatic N) is 1. The third-order valence-corrected chi connectivity index (χ3v) is 12.2. The second kappa shape index (κ2) is 14.9. The van der Waals surface area contributed by atoms with Crippen LogP contribution in [0.5, 0.6) is 0 Å². The number of alkyl carbamates (subject to hydrolysis) is 1. The molecule has 3 N–H and O–H groups in total. The topological polar surface area (TPSA) is 126 Å². The summed E-state index contributed by atoms with van der Waals surface area (Å²) >= 11 is 6.20. The van der Waals surface area contributed by atoms with E-state index in [0.29, 0.717) is 37.7 Å². The molecule has 4 fully saturated rings. The quantitative estimate of drug-likeness (QED) is 0.376. The van der Waals surface area contributed by atoms with Gasteiger partial charge in [0.05, 0.1) is 12.9 Å². The number of benzene rings is 1. The highest BCUT2D eigenvalue weighted by atomic mass is 35.5. The average Bonchev–Trinajstić information content (AvgIpc) is 3.13. The molecule has 2 bridgehead atoms. The van der Waals surface area contributed by atoms with Gasteiger partial charge in [-0.15, -0.1) is 0 Å². The summed E-state index contributed by atoms with van der Waals surface area (Å²) in [4.78, 5) is 26.7. The van der Waals surface area contributed by atoms with Crippen LogP contribution in [-0.2, 0) is 24.3 Å². The molecule has 1 aromatic rings. The first kappa shape index (κ1) is 32.5. The predicted molar refractivity (Wildman–Crippen MR) is 165 cm³/mol. The van der Waals surface area contributed by atoms with Crippen LogP contribution in [0.4, 0.5) is 4.79 Å². The van der Waals surface area contributed by atoms with Crippen molar-refractivity contribution in [2.24, 2.45) is 11.8 Å². The van der Waals surface area contributed by atoms with Crippen LogP contribution < -0.4 is 16.0 Å². The van der Waals surface area contributed by atoms with Crippen molar-refractivity contribution >= 4 is 33.6 Å². The summed E-state index contributed by atoms with van der Waals surface area (Å²) in [6.07, 6.45) is 8.05. The molecule has 7 unspecified atom stereocenters. The molecule has 7 atom stereocenters. The lowest BCUT2D eigenvalue weighted by Crippen LogP contribution is -2.57. The van der Waals surface area contributed by atoms with E-state index in [9.17, 15) is 18.0 Å². The van der Waals surface area contributed by atoms with E-state index >= 15 is 0 Å². The molecule has 5 rings (SSSR count). The third kappa shape index (κ3) is 8.22. The largest absolute Gasteiger partial charge is 0.453 e. The van der Waals surface area contributed by atoms with Crippen molar-refractivity contribution < 1.29 is 27.5 Å². The molecule has 0 aromatic heterocycles. The molecule has 3 saturated heterocycles. The maximum absolute atomic E-state index is 14.2. The summed E-state index contributed by atoms with van der Waals surface area (Å²) in [5.41, 5.74) is 0.940. The first-order valence-corrected chi connectivity index (χ1v) is 17.9. The fraction of sp³-hybridized carbons (Fsp3) is 0.742. The van der Waals surface area contributed by atoms with E-state index in [4.69, 9.17) is 21.1 Å². The van der Waals surface area contributed by atoms with Gasteiger partial charge in [-0.1, -0.05) is 36.6 Å². The second-order valence-electron chi connectivity index (χ2n) is 12.7. The fourth-order valence-corrected chi connectivity index (χ4v) is 9.60. The number of sulfonamides is 1. The highest BCUT2D eigenvalue weighted by Crippen LogP contribution is 2.37. The Labute approximate surface area is 261 Å². The van der Waals surface area contributed by atoms with Crippen LogP contribution in [0, 0.1) is 11.8 Å². The minimum absolute atomic E-state index is 0.0474. The molecule has 2 amide bonds. The Hall–Kier alpha value is -1.92. The molecule has 3 heterocycles. The van der Waals surface area contributed by atoms with Gasteiger partial charge in [-0.2, -0.15) is 4.31 Å². The van der Waals surface area contributed by atoms with E-state index in [-0.39, 0.29) is 47.5 Å². The molecule has 12 heteroatoms. The van der Waals surface area contributed by atoms with Gasteiger partial charge in [-0.05, 0) is 80.9 Å². The predicted octanol–water partition coefficient (Wildman–Crippen LogP) is 3.80. The maximum atomic E-state index is 14.2. The van der Waals surface area contributed by atoms with Crippen LogP contribution in [-0.4, -0.2) is 88.1 Å². The number of methoxy groups -OCH3 is 1. The number of carbonyl (C=O) groups excluding carboxylic acids is 2. The average molecular weight is 639 g/mol. The Balaban J connectivity index is 1.32. The zero-order valence-electron chi connectivity index (χ0n) is 25.1. The van der Waals surface area contributed by atoms with Crippen molar-refractivity contribution in [3.63, 3.8) is 0 Å². The standard InChI is InChI=1S/C31H47ClN4O6S/c1-41-31(38)35-29(28(23-14-16-42-17-15-23)22-8-11-24(32)12-9-22)30(37)34-27-7-3-2-5-21(27)10-13-26-19-33-25-6-4-18-43(39,40)36(26)20-25/h8-9,11-12,21,23,25-29,33H,2-7,10,13-20H2,1H3,(H,34,37)(H,35,38). The molecule has 4 aliphatic rings. The minimum Gasteiger partial charge on any atom is -0.453 e. The Morgan fingerprint density at radius 2 is 1.81 bits per heavy atom. The van der Waals surface area contributed by atoms with E-state index in [1.54, 1.807) is 4.31 Å². The smallest absolute Gasteiger partial charge is 0.407 e. The van der Waals surface area contributed by atoms with Gasteiger partial charge in [-0.3, -0.25) is 4.79 Å². The number of carbonyl (C=O) groups is 2. The van der Waals surface area contributed by atoms with E-state index in [1.807, 2.05) is 24.3 Å². The van der Waals surface area contributed by atoms with Gasteiger partial charge in [0.15, 0.2) is 0 Å². The van der Waals surface area contributed by atoms with Gasteiger partial charge < -0.3 is 25.4 Å². The zero-order chi connectivity index (χ0) is 30.4. The lowest BCUT2D eigenvalue weighted by atomic mass is 9.76. The van der Waals surface area contributed by atoms with E-state index < -0.39 is 22.2 Å². The molecule has 0 spiro atoms. The SMILES string of the molecule is COC(=O)NC(C(=O)NC1CCCCC1CCC1CNC2CCCS(=O)(=O)N1C2)C(c1ccc(Cl)cc1)C1CCOCC1. The van der Waals surface area contributed by atoms with Crippen molar-refractivity contribution in [3.05, 3.63) is 34.9 Å². The number of amides is 2. The summed E-state index contributed by atoms with van der Waals surface area (Å²) in [5, 5.41) is 10.4. The van der Waals surface area contributed by atoms with E-state index in [2.05, 4.69) is 16.0 Å². The van der Waals surface area contributed by atoms with Crippen molar-refractivity contribution in [1.29, 1.82) is 0 Å². The Bertz CT molecular complexity index is 1200. The Kier molecular flexibility index (Phi) is 11.3. The number of hydrogen-bond acceptors (Lipinski definition) is 7. The van der Waals surface area contributed by atoms with Crippen molar-refractivity contribution in [1.82, 2.24) is 20.3 Å². The van der Waals surface area contributed by atoms with Crippen LogP contribution in [0.2, 0.25) is 5.02 Å². The third-order valence-electron chi connectivity index (χ3n) is 10.00. The van der Waals surface area contributed by atoms with Gasteiger partial charge in [0.25, 0.3) is 0 Å².